The fraction of sp³-hybridized carbons (Fsp3) is 0.250. The number of hydrogen-bond acceptors (Lipinski definition) is 3. The average Bonchev–Trinajstić information content (AvgIpc) is 2.46. The molecule has 1 atom stereocenters. The number of nitrogens with zero attached hydrogens (tertiary/aromatic N) is 4. The number of carbonyl (C=O) groups excluding carboxylic acids is 1. The van der Waals surface area contributed by atoms with Gasteiger partial charge in [-0.15, -0.1) is 0 Å². The highest BCUT2D eigenvalue weighted by Crippen LogP contribution is 2.00. The Bertz CT molecular complexity index is 519. The number of rotatable bonds is 0. The van der Waals surface area contributed by atoms with Gasteiger partial charge in [-0.05, 0) is 6.08 Å². The van der Waals surface area contributed by atoms with E-state index in [2.05, 4.69) is 10.1 Å². The minimum Gasteiger partial charge on any atom is -0.271 e. The highest BCUT2D eigenvalue weighted by Gasteiger charge is 2.18. The lowest BCUT2D eigenvalue weighted by Gasteiger charge is -2.00. The second-order valence-corrected chi connectivity index (χ2v) is 2.76. The van der Waals surface area contributed by atoms with Crippen molar-refractivity contribution in [2.75, 3.05) is 0 Å². The first-order chi connectivity index (χ1) is 6.22. The summed E-state index contributed by atoms with van der Waals surface area (Å²) in [7, 11) is 1.75. The van der Waals surface area contributed by atoms with Crippen LogP contribution in [0.5, 0.6) is 0 Å². The summed E-state index contributed by atoms with van der Waals surface area (Å²) >= 11 is 0. The predicted molar refractivity (Wildman–Crippen MR) is 42.6 cm³/mol. The first-order valence-corrected chi connectivity index (χ1v) is 3.74. The summed E-state index contributed by atoms with van der Waals surface area (Å²) in [6, 6.07) is 1.87. The van der Waals surface area contributed by atoms with Crippen molar-refractivity contribution in [2.24, 2.45) is 18.0 Å². The van der Waals surface area contributed by atoms with Crippen LogP contribution in [0, 0.1) is 17.2 Å². The van der Waals surface area contributed by atoms with E-state index in [1.165, 1.54) is 6.20 Å². The Morgan fingerprint density at radius 2 is 2.46 bits per heavy atom. The van der Waals surface area contributed by atoms with Crippen LogP contribution >= 0.6 is 0 Å². The van der Waals surface area contributed by atoms with Crippen LogP contribution in [0.2, 0.25) is 0 Å². The maximum Gasteiger partial charge on any atom is 0.267 e. The third-order valence-electron chi connectivity index (χ3n) is 1.92. The maximum atomic E-state index is 11.1. The van der Waals surface area contributed by atoms with E-state index in [0.29, 0.717) is 5.36 Å². The Morgan fingerprint density at radius 3 is 3.15 bits per heavy atom. The molecule has 1 unspecified atom stereocenters. The van der Waals surface area contributed by atoms with Crippen molar-refractivity contribution in [1.82, 2.24) is 9.78 Å². The summed E-state index contributed by atoms with van der Waals surface area (Å²) in [5.74, 6) is -1.18. The maximum absolute atomic E-state index is 11.1. The number of aromatic nitrogens is 2. The quantitative estimate of drug-likeness (QED) is 0.480. The van der Waals surface area contributed by atoms with Crippen LogP contribution in [0.3, 0.4) is 0 Å². The zero-order chi connectivity index (χ0) is 9.42. The van der Waals surface area contributed by atoms with E-state index in [-0.39, 0.29) is 0 Å². The van der Waals surface area contributed by atoms with Crippen molar-refractivity contribution < 1.29 is 4.79 Å². The van der Waals surface area contributed by atoms with Crippen LogP contribution in [0.25, 0.3) is 6.08 Å². The van der Waals surface area contributed by atoms with Crippen LogP contribution in [0.4, 0.5) is 0 Å². The summed E-state index contributed by atoms with van der Waals surface area (Å²) in [6.45, 7) is 0. The van der Waals surface area contributed by atoms with Gasteiger partial charge in [-0.2, -0.15) is 10.4 Å². The largest absolute Gasteiger partial charge is 0.271 e. The smallest absolute Gasteiger partial charge is 0.267 e. The van der Waals surface area contributed by atoms with Crippen LogP contribution < -0.4 is 10.7 Å². The van der Waals surface area contributed by atoms with Crippen molar-refractivity contribution >= 4 is 12.0 Å². The molecule has 1 aliphatic heterocycles. The van der Waals surface area contributed by atoms with E-state index in [4.69, 9.17) is 5.26 Å². The van der Waals surface area contributed by atoms with Gasteiger partial charge in [0.05, 0.1) is 17.6 Å². The molecule has 2 heterocycles. The van der Waals surface area contributed by atoms with Gasteiger partial charge < -0.3 is 0 Å². The first kappa shape index (κ1) is 7.68. The Labute approximate surface area is 73.6 Å². The third-order valence-corrected chi connectivity index (χ3v) is 1.92. The number of aryl methyl sites for hydroxylation is 1. The minimum absolute atomic E-state index is 0.414. The lowest BCUT2D eigenvalue weighted by Crippen LogP contribution is -2.35. The molecule has 0 aromatic carbocycles. The number of hydrogen-bond donors (Lipinski definition) is 0. The zero-order valence-electron chi connectivity index (χ0n) is 6.93. The van der Waals surface area contributed by atoms with Gasteiger partial charge in [0.25, 0.3) is 5.91 Å². The molecule has 5 nitrogen and oxygen atoms in total. The number of fused-ring (bicyclic) bond motifs is 1. The lowest BCUT2D eigenvalue weighted by atomic mass is 10.1. The summed E-state index contributed by atoms with van der Waals surface area (Å²) in [5.41, 5.74) is 0. The van der Waals surface area contributed by atoms with Gasteiger partial charge in [-0.3, -0.25) is 9.48 Å². The molecule has 1 aromatic rings. The predicted octanol–water partition coefficient (Wildman–Crippen LogP) is -1.50. The van der Waals surface area contributed by atoms with E-state index in [1.54, 1.807) is 17.8 Å². The molecule has 1 aromatic heterocycles. The topological polar surface area (TPSA) is 71.0 Å². The molecule has 0 bridgehead atoms. The van der Waals surface area contributed by atoms with Crippen molar-refractivity contribution in [1.29, 1.82) is 5.26 Å². The Balaban J connectivity index is 2.78. The van der Waals surface area contributed by atoms with Crippen LogP contribution in [0.1, 0.15) is 0 Å². The second kappa shape index (κ2) is 2.52. The molecular formula is C8H6N4O. The molecule has 0 radical (unpaired) electrons. The van der Waals surface area contributed by atoms with E-state index in [9.17, 15) is 4.79 Å². The zero-order valence-corrected chi connectivity index (χ0v) is 6.93. The van der Waals surface area contributed by atoms with Gasteiger partial charge in [-0.25, -0.2) is 4.99 Å². The van der Waals surface area contributed by atoms with Crippen molar-refractivity contribution in [3.63, 3.8) is 0 Å². The monoisotopic (exact) mass is 174 g/mol. The van der Waals surface area contributed by atoms with E-state index in [1.807, 2.05) is 6.07 Å². The Hall–Kier alpha value is -1.96. The highest BCUT2D eigenvalue weighted by atomic mass is 16.1. The Kier molecular flexibility index (Phi) is 1.49. The van der Waals surface area contributed by atoms with Gasteiger partial charge in [0, 0.05) is 7.05 Å². The molecule has 0 aliphatic carbocycles. The normalized spacial score (nSPS) is 19.7. The molecule has 0 fully saturated rings. The summed E-state index contributed by atoms with van der Waals surface area (Å²) in [6.07, 6.45) is 3.09. The average molecular weight is 174 g/mol. The van der Waals surface area contributed by atoms with Gasteiger partial charge in [0.2, 0.25) is 0 Å². The molecule has 1 amide bonds. The van der Waals surface area contributed by atoms with Crippen molar-refractivity contribution in [2.45, 2.75) is 0 Å². The molecule has 64 valence electrons. The number of amides is 1. The summed E-state index contributed by atoms with van der Waals surface area (Å²) in [5, 5.41) is 13.8. The van der Waals surface area contributed by atoms with E-state index < -0.39 is 11.8 Å². The number of carbonyl (C=O) groups is 1. The van der Waals surface area contributed by atoms with Crippen LogP contribution in [-0.4, -0.2) is 15.7 Å². The fourth-order valence-corrected chi connectivity index (χ4v) is 1.22. The number of nitriles is 1. The standard InChI is InChI=1S/C8H6N4O/c1-12-7-2-5(3-9)8(13)11-6(7)4-10-12/h2,4-5H,1H3. The minimum atomic E-state index is -0.761. The second-order valence-electron chi connectivity index (χ2n) is 2.76. The first-order valence-electron chi connectivity index (χ1n) is 3.74. The van der Waals surface area contributed by atoms with E-state index >= 15 is 0 Å². The lowest BCUT2D eigenvalue weighted by molar-refractivity contribution is -0.118. The van der Waals surface area contributed by atoms with E-state index in [0.717, 1.165) is 5.35 Å². The van der Waals surface area contributed by atoms with Gasteiger partial charge in [0.15, 0.2) is 0 Å². The van der Waals surface area contributed by atoms with Crippen LogP contribution in [0.15, 0.2) is 11.2 Å². The molecule has 2 rings (SSSR count). The fourth-order valence-electron chi connectivity index (χ4n) is 1.22. The molecule has 5 heteroatoms. The molecular weight excluding hydrogens is 168 g/mol. The van der Waals surface area contributed by atoms with Crippen LogP contribution in [-0.2, 0) is 11.8 Å². The van der Waals surface area contributed by atoms with Gasteiger partial charge >= 0.3 is 0 Å². The Morgan fingerprint density at radius 1 is 1.69 bits per heavy atom. The summed E-state index contributed by atoms with van der Waals surface area (Å²) < 4.78 is 1.59. The SMILES string of the molecule is Cn1ncc2c1=CC(C#N)C(=O)N=2. The molecule has 13 heavy (non-hydrogen) atoms. The molecule has 0 saturated heterocycles. The van der Waals surface area contributed by atoms with Gasteiger partial charge in [0.1, 0.15) is 11.3 Å². The summed E-state index contributed by atoms with van der Waals surface area (Å²) in [4.78, 5) is 14.9. The van der Waals surface area contributed by atoms with Crippen molar-refractivity contribution in [3.8, 4) is 6.07 Å². The molecule has 0 saturated carbocycles. The van der Waals surface area contributed by atoms with Gasteiger partial charge in [-0.1, -0.05) is 0 Å². The highest BCUT2D eigenvalue weighted by molar-refractivity contribution is 5.88. The van der Waals surface area contributed by atoms with Crippen molar-refractivity contribution in [3.05, 3.63) is 16.9 Å². The molecule has 0 spiro atoms. The molecule has 1 aliphatic rings. The third kappa shape index (κ3) is 1.04. The molecule has 0 N–H and O–H groups in total.